The fourth-order valence-electron chi connectivity index (χ4n) is 2.92. The lowest BCUT2D eigenvalue weighted by molar-refractivity contribution is 0.0680. The van der Waals surface area contributed by atoms with Gasteiger partial charge in [0.2, 0.25) is 0 Å². The van der Waals surface area contributed by atoms with Gasteiger partial charge in [0.15, 0.2) is 0 Å². The zero-order valence-electron chi connectivity index (χ0n) is 13.3. The summed E-state index contributed by atoms with van der Waals surface area (Å²) < 4.78 is 12.1. The first-order valence-corrected chi connectivity index (χ1v) is 8.10. The Labute approximate surface area is 141 Å². The zero-order chi connectivity index (χ0) is 16.8. The summed E-state index contributed by atoms with van der Waals surface area (Å²) >= 11 is 0. The van der Waals surface area contributed by atoms with Gasteiger partial charge in [0, 0.05) is 6.42 Å². The van der Waals surface area contributed by atoms with Crippen LogP contribution in [0.4, 0.5) is 0 Å². The highest BCUT2D eigenvalue weighted by Gasteiger charge is 2.24. The maximum absolute atomic E-state index is 8.83. The third-order valence-corrected chi connectivity index (χ3v) is 4.15. The number of nitrogens with zero attached hydrogens (tertiary/aromatic N) is 2. The summed E-state index contributed by atoms with van der Waals surface area (Å²) in [6, 6.07) is 18.6. The fourth-order valence-corrected chi connectivity index (χ4v) is 2.92. The molecule has 3 rings (SSSR count). The van der Waals surface area contributed by atoms with Crippen molar-refractivity contribution in [2.45, 2.75) is 37.9 Å². The van der Waals surface area contributed by atoms with Crippen LogP contribution in [0.15, 0.2) is 48.5 Å². The zero-order valence-corrected chi connectivity index (χ0v) is 13.3. The smallest absolute Gasteiger partial charge is 0.119 e. The van der Waals surface area contributed by atoms with Crippen LogP contribution in [-0.2, 0) is 0 Å². The molecule has 2 aromatic carbocycles. The van der Waals surface area contributed by atoms with E-state index in [1.165, 1.54) is 0 Å². The maximum atomic E-state index is 8.83. The van der Waals surface area contributed by atoms with Gasteiger partial charge in [-0.25, -0.2) is 0 Å². The Kier molecular flexibility index (Phi) is 4.99. The lowest BCUT2D eigenvalue weighted by atomic mass is 9.94. The molecule has 0 aromatic heterocycles. The van der Waals surface area contributed by atoms with Crippen molar-refractivity contribution < 1.29 is 9.47 Å². The van der Waals surface area contributed by atoms with Crippen LogP contribution in [0.3, 0.4) is 0 Å². The number of hydrogen-bond donors (Lipinski definition) is 0. The van der Waals surface area contributed by atoms with Crippen LogP contribution in [0.5, 0.6) is 11.5 Å². The van der Waals surface area contributed by atoms with Gasteiger partial charge in [0.1, 0.15) is 23.7 Å². The van der Waals surface area contributed by atoms with E-state index in [2.05, 4.69) is 12.1 Å². The van der Waals surface area contributed by atoms with Gasteiger partial charge >= 0.3 is 0 Å². The van der Waals surface area contributed by atoms with Gasteiger partial charge in [-0.2, -0.15) is 10.5 Å². The van der Waals surface area contributed by atoms with Crippen molar-refractivity contribution in [1.29, 1.82) is 10.5 Å². The third kappa shape index (κ3) is 4.06. The Morgan fingerprint density at radius 3 is 1.50 bits per heavy atom. The van der Waals surface area contributed by atoms with Crippen molar-refractivity contribution in [3.8, 4) is 23.6 Å². The van der Waals surface area contributed by atoms with E-state index >= 15 is 0 Å². The Hall–Kier alpha value is -2.98. The van der Waals surface area contributed by atoms with Gasteiger partial charge in [-0.05, 0) is 67.8 Å². The summed E-state index contributed by atoms with van der Waals surface area (Å²) in [6.07, 6.45) is 4.15. The standard InChI is InChI=1S/C20H18N2O2/c21-13-15-4-8-17(9-5-15)23-19-2-1-3-20(12-19)24-18-10-6-16(14-22)7-11-18/h4-11,19-20H,1-3,12H2/t19-,20+. The largest absolute Gasteiger partial charge is 0.490 e. The second kappa shape index (κ2) is 7.53. The van der Waals surface area contributed by atoms with E-state index in [1.54, 1.807) is 24.3 Å². The quantitative estimate of drug-likeness (QED) is 0.847. The summed E-state index contributed by atoms with van der Waals surface area (Å²) in [5.41, 5.74) is 1.26. The van der Waals surface area contributed by atoms with Crippen molar-refractivity contribution in [3.05, 3.63) is 59.7 Å². The highest BCUT2D eigenvalue weighted by atomic mass is 16.5. The van der Waals surface area contributed by atoms with Crippen LogP contribution >= 0.6 is 0 Å². The van der Waals surface area contributed by atoms with E-state index in [-0.39, 0.29) is 12.2 Å². The Balaban J connectivity index is 1.57. The molecule has 0 unspecified atom stereocenters. The fraction of sp³-hybridized carbons (Fsp3) is 0.300. The molecular weight excluding hydrogens is 300 g/mol. The average Bonchev–Trinajstić information content (AvgIpc) is 2.63. The van der Waals surface area contributed by atoms with Crippen molar-refractivity contribution in [3.63, 3.8) is 0 Å². The normalized spacial score (nSPS) is 19.8. The molecule has 1 fully saturated rings. The van der Waals surface area contributed by atoms with Crippen molar-refractivity contribution in [2.24, 2.45) is 0 Å². The molecule has 1 aliphatic rings. The van der Waals surface area contributed by atoms with Crippen LogP contribution in [-0.4, -0.2) is 12.2 Å². The van der Waals surface area contributed by atoms with Crippen LogP contribution in [0, 0.1) is 22.7 Å². The number of rotatable bonds is 4. The van der Waals surface area contributed by atoms with E-state index < -0.39 is 0 Å². The number of benzene rings is 2. The minimum absolute atomic E-state index is 0.120. The number of hydrogen-bond acceptors (Lipinski definition) is 4. The first-order valence-electron chi connectivity index (χ1n) is 8.10. The molecule has 0 spiro atoms. The molecule has 0 amide bonds. The summed E-state index contributed by atoms with van der Waals surface area (Å²) in [5.74, 6) is 1.58. The SMILES string of the molecule is N#Cc1ccc(O[C@@H]2CCC[C@H](Oc3ccc(C#N)cc3)C2)cc1. The van der Waals surface area contributed by atoms with Crippen LogP contribution in [0.2, 0.25) is 0 Å². The average molecular weight is 318 g/mol. The summed E-state index contributed by atoms with van der Waals surface area (Å²) in [7, 11) is 0. The Morgan fingerprint density at radius 2 is 1.12 bits per heavy atom. The molecule has 2 atom stereocenters. The third-order valence-electron chi connectivity index (χ3n) is 4.15. The van der Waals surface area contributed by atoms with E-state index in [4.69, 9.17) is 20.0 Å². The monoisotopic (exact) mass is 318 g/mol. The molecule has 1 aliphatic carbocycles. The summed E-state index contributed by atoms with van der Waals surface area (Å²) in [6.45, 7) is 0. The first-order chi connectivity index (χ1) is 11.8. The Morgan fingerprint density at radius 1 is 0.708 bits per heavy atom. The lowest BCUT2D eigenvalue weighted by Crippen LogP contribution is -2.31. The minimum atomic E-state index is 0.120. The van der Waals surface area contributed by atoms with Crippen LogP contribution in [0.25, 0.3) is 0 Å². The second-order valence-corrected chi connectivity index (χ2v) is 5.92. The van der Waals surface area contributed by atoms with Crippen molar-refractivity contribution in [1.82, 2.24) is 0 Å². The number of ether oxygens (including phenoxy) is 2. The predicted molar refractivity (Wildman–Crippen MR) is 89.6 cm³/mol. The highest BCUT2D eigenvalue weighted by molar-refractivity contribution is 5.35. The molecule has 120 valence electrons. The molecule has 0 radical (unpaired) electrons. The van der Waals surface area contributed by atoms with E-state index in [1.807, 2.05) is 24.3 Å². The first kappa shape index (κ1) is 15.9. The molecule has 0 bridgehead atoms. The molecule has 0 heterocycles. The molecule has 0 N–H and O–H groups in total. The van der Waals surface area contributed by atoms with Crippen LogP contribution < -0.4 is 9.47 Å². The van der Waals surface area contributed by atoms with Gasteiger partial charge in [0.25, 0.3) is 0 Å². The molecule has 24 heavy (non-hydrogen) atoms. The molecule has 1 saturated carbocycles. The summed E-state index contributed by atoms with van der Waals surface area (Å²) in [5, 5.41) is 17.7. The van der Waals surface area contributed by atoms with Crippen LogP contribution in [0.1, 0.15) is 36.8 Å². The van der Waals surface area contributed by atoms with Gasteiger partial charge in [-0.3, -0.25) is 0 Å². The molecule has 0 aliphatic heterocycles. The van der Waals surface area contributed by atoms with Gasteiger partial charge in [-0.15, -0.1) is 0 Å². The lowest BCUT2D eigenvalue weighted by Gasteiger charge is -2.30. The van der Waals surface area contributed by atoms with Crippen molar-refractivity contribution >= 4 is 0 Å². The van der Waals surface area contributed by atoms with E-state index in [0.29, 0.717) is 11.1 Å². The predicted octanol–water partition coefficient (Wildman–Crippen LogP) is 4.20. The minimum Gasteiger partial charge on any atom is -0.490 e. The summed E-state index contributed by atoms with van der Waals surface area (Å²) in [4.78, 5) is 0. The van der Waals surface area contributed by atoms with Gasteiger partial charge in [-0.1, -0.05) is 0 Å². The van der Waals surface area contributed by atoms with Crippen molar-refractivity contribution in [2.75, 3.05) is 0 Å². The topological polar surface area (TPSA) is 66.0 Å². The highest BCUT2D eigenvalue weighted by Crippen LogP contribution is 2.27. The number of nitriles is 2. The van der Waals surface area contributed by atoms with E-state index in [0.717, 1.165) is 37.2 Å². The van der Waals surface area contributed by atoms with E-state index in [9.17, 15) is 0 Å². The van der Waals surface area contributed by atoms with Gasteiger partial charge in [0.05, 0.1) is 23.3 Å². The molecule has 4 nitrogen and oxygen atoms in total. The van der Waals surface area contributed by atoms with Gasteiger partial charge < -0.3 is 9.47 Å². The molecule has 0 saturated heterocycles. The maximum Gasteiger partial charge on any atom is 0.119 e. The Bertz CT molecular complexity index is 689. The molecule has 2 aromatic rings. The molecule has 4 heteroatoms. The molecular formula is C20H18N2O2. The second-order valence-electron chi connectivity index (χ2n) is 5.92.